The summed E-state index contributed by atoms with van der Waals surface area (Å²) in [6.45, 7) is 3.91. The zero-order valence-electron chi connectivity index (χ0n) is 9.12. The number of allylic oxidation sites excluding steroid dienone is 1. The third-order valence-electron chi connectivity index (χ3n) is 3.34. The lowest BCUT2D eigenvalue weighted by Crippen LogP contribution is -2.07. The van der Waals surface area contributed by atoms with E-state index in [4.69, 9.17) is 5.11 Å². The molecule has 0 aromatic carbocycles. The zero-order valence-corrected chi connectivity index (χ0v) is 9.12. The van der Waals surface area contributed by atoms with Crippen LogP contribution in [0.4, 0.5) is 0 Å². The molecule has 0 aromatic rings. The van der Waals surface area contributed by atoms with E-state index in [1.165, 1.54) is 25.7 Å². The molecule has 1 rings (SSSR count). The van der Waals surface area contributed by atoms with Crippen LogP contribution in [0.5, 0.6) is 0 Å². The van der Waals surface area contributed by atoms with E-state index in [9.17, 15) is 4.79 Å². The molecule has 1 aliphatic carbocycles. The maximum Gasteiger partial charge on any atom is 0.330 e. The highest BCUT2D eigenvalue weighted by Gasteiger charge is 2.20. The van der Waals surface area contributed by atoms with E-state index >= 15 is 0 Å². The van der Waals surface area contributed by atoms with Gasteiger partial charge in [0.25, 0.3) is 0 Å². The van der Waals surface area contributed by atoms with Gasteiger partial charge in [0, 0.05) is 5.57 Å². The summed E-state index contributed by atoms with van der Waals surface area (Å²) in [6.07, 6.45) is 8.17. The fourth-order valence-corrected chi connectivity index (χ4v) is 2.17. The second-order valence-corrected chi connectivity index (χ2v) is 4.45. The Hall–Kier alpha value is -0.790. The van der Waals surface area contributed by atoms with Crippen LogP contribution >= 0.6 is 0 Å². The summed E-state index contributed by atoms with van der Waals surface area (Å²) in [4.78, 5) is 10.6. The smallest absolute Gasteiger partial charge is 0.330 e. The molecule has 0 aromatic heterocycles. The summed E-state index contributed by atoms with van der Waals surface area (Å²) in [5, 5.41) is 8.69. The molecule has 0 saturated heterocycles. The summed E-state index contributed by atoms with van der Waals surface area (Å²) in [6, 6.07) is 0. The van der Waals surface area contributed by atoms with E-state index in [0.29, 0.717) is 11.5 Å². The fourth-order valence-electron chi connectivity index (χ4n) is 2.17. The standard InChI is InChI=1S/C12H20O2/c1-9(11-5-3-4-6-11)7-8-10(2)12(13)14/h8-9,11H,3-7H2,1-2H3,(H,13,14). The van der Waals surface area contributed by atoms with Crippen molar-refractivity contribution in [2.24, 2.45) is 11.8 Å². The van der Waals surface area contributed by atoms with Crippen molar-refractivity contribution in [2.75, 3.05) is 0 Å². The Morgan fingerprint density at radius 2 is 2.07 bits per heavy atom. The van der Waals surface area contributed by atoms with Gasteiger partial charge in [0.2, 0.25) is 0 Å². The van der Waals surface area contributed by atoms with Gasteiger partial charge in [-0.2, -0.15) is 0 Å². The van der Waals surface area contributed by atoms with E-state index < -0.39 is 5.97 Å². The first kappa shape index (κ1) is 11.3. The van der Waals surface area contributed by atoms with E-state index in [-0.39, 0.29) is 0 Å². The number of hydrogen-bond donors (Lipinski definition) is 1. The molecule has 2 nitrogen and oxygen atoms in total. The molecular weight excluding hydrogens is 176 g/mol. The minimum atomic E-state index is -0.788. The van der Waals surface area contributed by atoms with Crippen LogP contribution in [-0.4, -0.2) is 11.1 Å². The molecule has 14 heavy (non-hydrogen) atoms. The molecule has 1 saturated carbocycles. The van der Waals surface area contributed by atoms with Crippen LogP contribution in [0.2, 0.25) is 0 Å². The number of carboxylic acids is 1. The minimum Gasteiger partial charge on any atom is -0.478 e. The highest BCUT2D eigenvalue weighted by Crippen LogP contribution is 2.33. The van der Waals surface area contributed by atoms with Gasteiger partial charge in [0.1, 0.15) is 0 Å². The van der Waals surface area contributed by atoms with Crippen molar-refractivity contribution in [3.63, 3.8) is 0 Å². The van der Waals surface area contributed by atoms with Gasteiger partial charge in [0.05, 0.1) is 0 Å². The topological polar surface area (TPSA) is 37.3 Å². The minimum absolute atomic E-state index is 0.481. The normalized spacial score (nSPS) is 21.1. The summed E-state index contributed by atoms with van der Waals surface area (Å²) in [7, 11) is 0. The highest BCUT2D eigenvalue weighted by atomic mass is 16.4. The maximum atomic E-state index is 10.6. The maximum absolute atomic E-state index is 10.6. The monoisotopic (exact) mass is 196 g/mol. The second kappa shape index (κ2) is 5.18. The van der Waals surface area contributed by atoms with Crippen LogP contribution in [0.15, 0.2) is 11.6 Å². The Kier molecular flexibility index (Phi) is 4.18. The van der Waals surface area contributed by atoms with E-state index in [1.54, 1.807) is 6.92 Å². The molecule has 2 heteroatoms. The predicted octanol–water partition coefficient (Wildman–Crippen LogP) is 3.23. The third kappa shape index (κ3) is 3.17. The van der Waals surface area contributed by atoms with Crippen LogP contribution in [0.3, 0.4) is 0 Å². The Labute approximate surface area is 86.0 Å². The van der Waals surface area contributed by atoms with Crippen LogP contribution in [-0.2, 0) is 4.79 Å². The van der Waals surface area contributed by atoms with Gasteiger partial charge in [-0.25, -0.2) is 4.79 Å². The molecule has 80 valence electrons. The average molecular weight is 196 g/mol. The van der Waals surface area contributed by atoms with Crippen LogP contribution in [0, 0.1) is 11.8 Å². The number of carboxylic acid groups (broad SMARTS) is 1. The summed E-state index contributed by atoms with van der Waals surface area (Å²) >= 11 is 0. The van der Waals surface area contributed by atoms with Crippen LogP contribution < -0.4 is 0 Å². The van der Waals surface area contributed by atoms with Crippen molar-refractivity contribution >= 4 is 5.97 Å². The van der Waals surface area contributed by atoms with Gasteiger partial charge < -0.3 is 5.11 Å². The Morgan fingerprint density at radius 3 is 2.57 bits per heavy atom. The number of carbonyl (C=O) groups is 1. The largest absolute Gasteiger partial charge is 0.478 e. The van der Waals surface area contributed by atoms with Gasteiger partial charge in [-0.1, -0.05) is 38.7 Å². The molecule has 0 aliphatic heterocycles. The van der Waals surface area contributed by atoms with Gasteiger partial charge >= 0.3 is 5.97 Å². The lowest BCUT2D eigenvalue weighted by Gasteiger charge is -2.16. The molecule has 0 amide bonds. The lowest BCUT2D eigenvalue weighted by atomic mass is 9.89. The van der Waals surface area contributed by atoms with Gasteiger partial charge in [-0.05, 0) is 25.2 Å². The Bertz CT molecular complexity index is 224. The Morgan fingerprint density at radius 1 is 1.50 bits per heavy atom. The first-order valence-corrected chi connectivity index (χ1v) is 5.51. The van der Waals surface area contributed by atoms with Crippen LogP contribution in [0.25, 0.3) is 0 Å². The fraction of sp³-hybridized carbons (Fsp3) is 0.750. The molecule has 0 bridgehead atoms. The summed E-state index contributed by atoms with van der Waals surface area (Å²) < 4.78 is 0. The van der Waals surface area contributed by atoms with Crippen molar-refractivity contribution in [1.29, 1.82) is 0 Å². The molecule has 1 aliphatic rings. The summed E-state index contributed by atoms with van der Waals surface area (Å²) in [5.41, 5.74) is 0.481. The molecule has 0 spiro atoms. The van der Waals surface area contributed by atoms with Crippen molar-refractivity contribution in [1.82, 2.24) is 0 Å². The second-order valence-electron chi connectivity index (χ2n) is 4.45. The molecular formula is C12H20O2. The molecule has 1 fully saturated rings. The van der Waals surface area contributed by atoms with Gasteiger partial charge in [-0.3, -0.25) is 0 Å². The molecule has 1 atom stereocenters. The zero-order chi connectivity index (χ0) is 10.6. The third-order valence-corrected chi connectivity index (χ3v) is 3.34. The van der Waals surface area contributed by atoms with Crippen molar-refractivity contribution in [3.05, 3.63) is 11.6 Å². The van der Waals surface area contributed by atoms with Crippen LogP contribution in [0.1, 0.15) is 46.0 Å². The molecule has 1 unspecified atom stereocenters. The van der Waals surface area contributed by atoms with E-state index in [1.807, 2.05) is 6.08 Å². The molecule has 1 N–H and O–H groups in total. The number of rotatable bonds is 4. The highest BCUT2D eigenvalue weighted by molar-refractivity contribution is 5.85. The van der Waals surface area contributed by atoms with Gasteiger partial charge in [0.15, 0.2) is 0 Å². The predicted molar refractivity (Wildman–Crippen MR) is 57.1 cm³/mol. The van der Waals surface area contributed by atoms with Crippen molar-refractivity contribution < 1.29 is 9.90 Å². The Balaban J connectivity index is 2.36. The first-order valence-electron chi connectivity index (χ1n) is 5.51. The number of aliphatic carboxylic acids is 1. The van der Waals surface area contributed by atoms with E-state index in [2.05, 4.69) is 6.92 Å². The molecule has 0 heterocycles. The summed E-state index contributed by atoms with van der Waals surface area (Å²) in [5.74, 6) is 0.684. The molecule has 0 radical (unpaired) electrons. The van der Waals surface area contributed by atoms with Gasteiger partial charge in [-0.15, -0.1) is 0 Å². The SMILES string of the molecule is CC(=CCC(C)C1CCCC1)C(=O)O. The van der Waals surface area contributed by atoms with Crippen molar-refractivity contribution in [2.45, 2.75) is 46.0 Å². The van der Waals surface area contributed by atoms with E-state index in [0.717, 1.165) is 12.3 Å². The quantitative estimate of drug-likeness (QED) is 0.701. The number of hydrogen-bond acceptors (Lipinski definition) is 1. The lowest BCUT2D eigenvalue weighted by molar-refractivity contribution is -0.132. The first-order chi connectivity index (χ1) is 6.61. The van der Waals surface area contributed by atoms with Crippen molar-refractivity contribution in [3.8, 4) is 0 Å². The average Bonchev–Trinajstić information content (AvgIpc) is 2.66.